The molecule has 6 heteroatoms. The number of rotatable bonds is 2. The number of amides is 1. The van der Waals surface area contributed by atoms with E-state index in [0.29, 0.717) is 5.69 Å². The van der Waals surface area contributed by atoms with Crippen LogP contribution in [0.15, 0.2) is 34.2 Å². The molecule has 0 radical (unpaired) electrons. The van der Waals surface area contributed by atoms with E-state index >= 15 is 0 Å². The number of halogens is 1. The summed E-state index contributed by atoms with van der Waals surface area (Å²) in [6.45, 7) is 0. The normalized spacial score (nSPS) is 10.1. The van der Waals surface area contributed by atoms with Crippen molar-refractivity contribution in [3.8, 4) is 10.6 Å². The Balaban J connectivity index is 2.43. The van der Waals surface area contributed by atoms with Gasteiger partial charge in [-0.25, -0.2) is 9.78 Å². The van der Waals surface area contributed by atoms with Gasteiger partial charge in [0.05, 0.1) is 5.69 Å². The molecule has 1 aromatic carbocycles. The van der Waals surface area contributed by atoms with Crippen molar-refractivity contribution in [2.45, 2.75) is 0 Å². The molecule has 82 valence electrons. The van der Waals surface area contributed by atoms with E-state index in [9.17, 15) is 4.79 Å². The number of benzene rings is 1. The van der Waals surface area contributed by atoms with Crippen LogP contribution in [-0.2, 0) is 0 Å². The van der Waals surface area contributed by atoms with E-state index < -0.39 is 6.09 Å². The maximum Gasteiger partial charge on any atom is 0.409 e. The van der Waals surface area contributed by atoms with Crippen LogP contribution in [0.5, 0.6) is 0 Å². The van der Waals surface area contributed by atoms with Crippen molar-refractivity contribution in [3.05, 3.63) is 34.2 Å². The number of carbonyl (C=O) groups is 1. The molecule has 0 bridgehead atoms. The first-order valence-electron chi connectivity index (χ1n) is 4.37. The fourth-order valence-electron chi connectivity index (χ4n) is 1.27. The van der Waals surface area contributed by atoms with E-state index in [0.717, 1.165) is 15.2 Å². The average molecular weight is 299 g/mol. The van der Waals surface area contributed by atoms with E-state index in [4.69, 9.17) is 5.11 Å². The second-order valence-electron chi connectivity index (χ2n) is 2.95. The monoisotopic (exact) mass is 298 g/mol. The Hall–Kier alpha value is -1.40. The fourth-order valence-corrected chi connectivity index (χ4v) is 2.56. The van der Waals surface area contributed by atoms with Crippen LogP contribution in [0.2, 0.25) is 0 Å². The molecule has 2 aromatic rings. The predicted octanol–water partition coefficient (Wildman–Crippen LogP) is 3.66. The molecule has 4 nitrogen and oxygen atoms in total. The Labute approximate surface area is 104 Å². The molecule has 1 heterocycles. The molecule has 0 fully saturated rings. The van der Waals surface area contributed by atoms with Crippen molar-refractivity contribution in [1.82, 2.24) is 4.98 Å². The molecule has 1 amide bonds. The van der Waals surface area contributed by atoms with Gasteiger partial charge in [0.25, 0.3) is 0 Å². The molecule has 0 atom stereocenters. The van der Waals surface area contributed by atoms with Crippen LogP contribution in [-0.4, -0.2) is 16.2 Å². The first-order chi connectivity index (χ1) is 7.66. The van der Waals surface area contributed by atoms with Gasteiger partial charge in [0.2, 0.25) is 0 Å². The van der Waals surface area contributed by atoms with Gasteiger partial charge in [-0.1, -0.05) is 12.1 Å². The predicted molar refractivity (Wildman–Crippen MR) is 66.9 cm³/mol. The number of hydrogen-bond acceptors (Lipinski definition) is 3. The largest absolute Gasteiger partial charge is 0.465 e. The Bertz CT molecular complexity index is 527. The second-order valence-corrected chi connectivity index (χ2v) is 4.62. The van der Waals surface area contributed by atoms with Crippen LogP contribution in [0.1, 0.15) is 0 Å². The van der Waals surface area contributed by atoms with E-state index in [1.54, 1.807) is 12.1 Å². The van der Waals surface area contributed by atoms with Crippen LogP contribution < -0.4 is 5.32 Å². The Morgan fingerprint density at radius 3 is 2.81 bits per heavy atom. The highest BCUT2D eigenvalue weighted by Gasteiger charge is 2.09. The molecule has 0 aliphatic rings. The average Bonchev–Trinajstić information content (AvgIpc) is 2.65. The molecule has 2 N–H and O–H groups in total. The van der Waals surface area contributed by atoms with Crippen molar-refractivity contribution in [2.24, 2.45) is 0 Å². The van der Waals surface area contributed by atoms with Crippen molar-refractivity contribution in [3.63, 3.8) is 0 Å². The van der Waals surface area contributed by atoms with Gasteiger partial charge in [0.1, 0.15) is 9.61 Å². The zero-order chi connectivity index (χ0) is 11.5. The molecule has 0 spiro atoms. The van der Waals surface area contributed by atoms with Crippen molar-refractivity contribution in [2.75, 3.05) is 5.32 Å². The van der Waals surface area contributed by atoms with Gasteiger partial charge in [-0.15, -0.1) is 11.3 Å². The zero-order valence-electron chi connectivity index (χ0n) is 7.98. The van der Waals surface area contributed by atoms with Crippen molar-refractivity contribution in [1.29, 1.82) is 0 Å². The number of carboxylic acid groups (broad SMARTS) is 1. The first kappa shape index (κ1) is 11.1. The lowest BCUT2D eigenvalue weighted by atomic mass is 10.2. The van der Waals surface area contributed by atoms with Crippen molar-refractivity contribution < 1.29 is 9.90 Å². The smallest absolute Gasteiger partial charge is 0.409 e. The summed E-state index contributed by atoms with van der Waals surface area (Å²) < 4.78 is 0.748. The SMILES string of the molecule is O=C(O)Nc1ccccc1-c1nc(Br)cs1. The third kappa shape index (κ3) is 2.40. The minimum absolute atomic E-state index is 0.539. The van der Waals surface area contributed by atoms with Gasteiger partial charge in [0, 0.05) is 10.9 Å². The molecular formula is C10H7BrN2O2S. The number of anilines is 1. The molecule has 16 heavy (non-hydrogen) atoms. The van der Waals surface area contributed by atoms with Crippen LogP contribution >= 0.6 is 27.3 Å². The van der Waals surface area contributed by atoms with Gasteiger partial charge in [-0.3, -0.25) is 5.32 Å². The summed E-state index contributed by atoms with van der Waals surface area (Å²) in [5.41, 5.74) is 1.32. The quantitative estimate of drug-likeness (QED) is 0.889. The molecular weight excluding hydrogens is 292 g/mol. The summed E-state index contributed by atoms with van der Waals surface area (Å²) in [4.78, 5) is 14.9. The molecule has 0 aliphatic heterocycles. The second kappa shape index (κ2) is 4.63. The van der Waals surface area contributed by atoms with E-state index in [1.165, 1.54) is 11.3 Å². The number of thiazole rings is 1. The van der Waals surface area contributed by atoms with Gasteiger partial charge < -0.3 is 5.11 Å². The highest BCUT2D eigenvalue weighted by Crippen LogP contribution is 2.31. The van der Waals surface area contributed by atoms with Crippen LogP contribution in [0.25, 0.3) is 10.6 Å². The molecule has 2 rings (SSSR count). The number of nitrogens with one attached hydrogen (secondary N) is 1. The number of hydrogen-bond donors (Lipinski definition) is 2. The number of nitrogens with zero attached hydrogens (tertiary/aromatic N) is 1. The molecule has 1 aromatic heterocycles. The summed E-state index contributed by atoms with van der Waals surface area (Å²) in [6.07, 6.45) is -1.08. The standard InChI is InChI=1S/C10H7BrN2O2S/c11-8-5-16-9(13-8)6-3-1-2-4-7(6)12-10(14)15/h1-5,12H,(H,14,15). The highest BCUT2D eigenvalue weighted by molar-refractivity contribution is 9.10. The van der Waals surface area contributed by atoms with E-state index in [2.05, 4.69) is 26.2 Å². The number of aromatic nitrogens is 1. The molecule has 0 aliphatic carbocycles. The zero-order valence-corrected chi connectivity index (χ0v) is 10.4. The lowest BCUT2D eigenvalue weighted by molar-refractivity contribution is 0.210. The Kier molecular flexibility index (Phi) is 3.21. The maximum absolute atomic E-state index is 10.6. The van der Waals surface area contributed by atoms with E-state index in [1.807, 2.05) is 17.5 Å². The van der Waals surface area contributed by atoms with Gasteiger partial charge in [-0.05, 0) is 28.1 Å². The summed E-state index contributed by atoms with van der Waals surface area (Å²) in [5, 5.41) is 13.7. The van der Waals surface area contributed by atoms with Gasteiger partial charge >= 0.3 is 6.09 Å². The highest BCUT2D eigenvalue weighted by atomic mass is 79.9. The fraction of sp³-hybridized carbons (Fsp3) is 0. The summed E-state index contributed by atoms with van der Waals surface area (Å²) in [6, 6.07) is 7.16. The Morgan fingerprint density at radius 1 is 1.44 bits per heavy atom. The Morgan fingerprint density at radius 2 is 2.19 bits per heavy atom. The lowest BCUT2D eigenvalue weighted by Gasteiger charge is -2.05. The first-order valence-corrected chi connectivity index (χ1v) is 6.04. The number of para-hydroxylation sites is 1. The van der Waals surface area contributed by atoms with E-state index in [-0.39, 0.29) is 0 Å². The van der Waals surface area contributed by atoms with Gasteiger partial charge in [0.15, 0.2) is 0 Å². The minimum Gasteiger partial charge on any atom is -0.465 e. The third-order valence-electron chi connectivity index (χ3n) is 1.88. The van der Waals surface area contributed by atoms with Crippen LogP contribution in [0.3, 0.4) is 0 Å². The third-order valence-corrected chi connectivity index (χ3v) is 3.46. The maximum atomic E-state index is 10.6. The molecule has 0 saturated heterocycles. The van der Waals surface area contributed by atoms with Crippen LogP contribution in [0, 0.1) is 0 Å². The summed E-state index contributed by atoms with van der Waals surface area (Å²) in [5.74, 6) is 0. The van der Waals surface area contributed by atoms with Crippen molar-refractivity contribution >= 4 is 39.0 Å². The molecule has 0 unspecified atom stereocenters. The summed E-state index contributed by atoms with van der Waals surface area (Å²) in [7, 11) is 0. The summed E-state index contributed by atoms with van der Waals surface area (Å²) >= 11 is 4.72. The minimum atomic E-state index is -1.08. The van der Waals surface area contributed by atoms with Gasteiger partial charge in [-0.2, -0.15) is 0 Å². The molecule has 0 saturated carbocycles. The van der Waals surface area contributed by atoms with Crippen LogP contribution in [0.4, 0.5) is 10.5 Å². The lowest BCUT2D eigenvalue weighted by Crippen LogP contribution is -2.07. The topological polar surface area (TPSA) is 62.2 Å².